The van der Waals surface area contributed by atoms with Crippen LogP contribution in [-0.4, -0.2) is 55.5 Å². The van der Waals surface area contributed by atoms with E-state index >= 15 is 0 Å². The van der Waals surface area contributed by atoms with Crippen molar-refractivity contribution in [2.75, 3.05) is 38.7 Å². The van der Waals surface area contributed by atoms with Crippen LogP contribution in [0.3, 0.4) is 0 Å². The minimum absolute atomic E-state index is 0.0251. The fourth-order valence-corrected chi connectivity index (χ4v) is 1.91. The van der Waals surface area contributed by atoms with Crippen molar-refractivity contribution in [3.63, 3.8) is 0 Å². The minimum Gasteiger partial charge on any atom is -0.353 e. The maximum Gasteiger partial charge on any atom is 0.236 e. The SMILES string of the molecule is CCCCN(C)CCNC(=O)[C@@H](N)CCSC. The number of carbonyl (C=O) groups excluding carboxylic acids is 1. The van der Waals surface area contributed by atoms with E-state index < -0.39 is 0 Å². The van der Waals surface area contributed by atoms with E-state index in [-0.39, 0.29) is 11.9 Å². The predicted octanol–water partition coefficient (Wildman–Crippen LogP) is 0.915. The lowest BCUT2D eigenvalue weighted by molar-refractivity contribution is -0.122. The van der Waals surface area contributed by atoms with Crippen LogP contribution in [-0.2, 0) is 4.79 Å². The molecule has 5 heteroatoms. The summed E-state index contributed by atoms with van der Waals surface area (Å²) in [6.45, 7) is 4.85. The molecular weight excluding hydrogens is 234 g/mol. The van der Waals surface area contributed by atoms with Gasteiger partial charge in [-0.1, -0.05) is 13.3 Å². The molecule has 4 nitrogen and oxygen atoms in total. The van der Waals surface area contributed by atoms with Crippen molar-refractivity contribution in [3.8, 4) is 0 Å². The average molecular weight is 261 g/mol. The Balaban J connectivity index is 3.55. The van der Waals surface area contributed by atoms with Gasteiger partial charge in [-0.05, 0) is 38.4 Å². The Morgan fingerprint density at radius 2 is 2.18 bits per heavy atom. The Bertz CT molecular complexity index is 202. The molecule has 1 amide bonds. The first-order chi connectivity index (χ1) is 8.11. The van der Waals surface area contributed by atoms with Gasteiger partial charge in [-0.3, -0.25) is 4.79 Å². The standard InChI is InChI=1S/C12H27N3OS/c1-4-5-8-15(2)9-7-14-12(16)11(13)6-10-17-3/h11H,4-10,13H2,1-3H3,(H,14,16)/t11-/m0/s1. The van der Waals surface area contributed by atoms with Gasteiger partial charge in [-0.15, -0.1) is 0 Å². The minimum atomic E-state index is -0.358. The number of thioether (sulfide) groups is 1. The van der Waals surface area contributed by atoms with Crippen molar-refractivity contribution >= 4 is 17.7 Å². The maximum absolute atomic E-state index is 11.6. The number of nitrogens with two attached hydrogens (primary N) is 1. The van der Waals surface area contributed by atoms with Crippen LogP contribution in [0.15, 0.2) is 0 Å². The molecule has 1 atom stereocenters. The zero-order valence-corrected chi connectivity index (χ0v) is 12.2. The monoisotopic (exact) mass is 261 g/mol. The summed E-state index contributed by atoms with van der Waals surface area (Å²) >= 11 is 1.72. The highest BCUT2D eigenvalue weighted by Gasteiger charge is 2.11. The van der Waals surface area contributed by atoms with Crippen molar-refractivity contribution in [3.05, 3.63) is 0 Å². The van der Waals surface area contributed by atoms with Crippen LogP contribution in [0.5, 0.6) is 0 Å². The van der Waals surface area contributed by atoms with Crippen LogP contribution in [0, 0.1) is 0 Å². The number of hydrogen-bond acceptors (Lipinski definition) is 4. The summed E-state index contributed by atoms with van der Waals surface area (Å²) in [6, 6.07) is -0.358. The molecule has 0 spiro atoms. The zero-order chi connectivity index (χ0) is 13.1. The molecule has 0 saturated heterocycles. The van der Waals surface area contributed by atoms with E-state index in [4.69, 9.17) is 5.73 Å². The molecule has 0 heterocycles. The third-order valence-corrected chi connectivity index (χ3v) is 3.30. The van der Waals surface area contributed by atoms with Gasteiger partial charge in [-0.25, -0.2) is 0 Å². The summed E-state index contributed by atoms with van der Waals surface area (Å²) in [5.41, 5.74) is 5.76. The first-order valence-electron chi connectivity index (χ1n) is 6.32. The molecule has 3 N–H and O–H groups in total. The number of rotatable bonds is 10. The van der Waals surface area contributed by atoms with Crippen molar-refractivity contribution in [2.24, 2.45) is 5.73 Å². The first kappa shape index (κ1) is 16.7. The molecule has 0 bridgehead atoms. The molecule has 0 saturated carbocycles. The summed E-state index contributed by atoms with van der Waals surface area (Å²) in [6.07, 6.45) is 5.18. The Morgan fingerprint density at radius 3 is 2.76 bits per heavy atom. The lowest BCUT2D eigenvalue weighted by Crippen LogP contribution is -2.43. The van der Waals surface area contributed by atoms with Crippen molar-refractivity contribution in [2.45, 2.75) is 32.2 Å². The van der Waals surface area contributed by atoms with Gasteiger partial charge in [0.15, 0.2) is 0 Å². The van der Waals surface area contributed by atoms with Gasteiger partial charge in [0.1, 0.15) is 0 Å². The fraction of sp³-hybridized carbons (Fsp3) is 0.917. The summed E-state index contributed by atoms with van der Waals surface area (Å²) in [4.78, 5) is 13.8. The van der Waals surface area contributed by atoms with Crippen LogP contribution in [0.4, 0.5) is 0 Å². The van der Waals surface area contributed by atoms with Crippen molar-refractivity contribution in [1.29, 1.82) is 0 Å². The topological polar surface area (TPSA) is 58.4 Å². The predicted molar refractivity (Wildman–Crippen MR) is 76.4 cm³/mol. The molecule has 0 aromatic carbocycles. The molecule has 0 radical (unpaired) electrons. The van der Waals surface area contributed by atoms with E-state index in [2.05, 4.69) is 24.2 Å². The summed E-state index contributed by atoms with van der Waals surface area (Å²) in [5.74, 6) is 0.910. The number of nitrogens with zero attached hydrogens (tertiary/aromatic N) is 1. The van der Waals surface area contributed by atoms with Gasteiger partial charge in [0, 0.05) is 13.1 Å². The van der Waals surface area contributed by atoms with Crippen LogP contribution >= 0.6 is 11.8 Å². The second-order valence-corrected chi connectivity index (χ2v) is 5.32. The second kappa shape index (κ2) is 10.9. The number of hydrogen-bond donors (Lipinski definition) is 2. The molecule has 0 fully saturated rings. The third kappa shape index (κ3) is 9.44. The molecule has 0 aliphatic heterocycles. The molecule has 0 aromatic rings. The van der Waals surface area contributed by atoms with Crippen LogP contribution in [0.25, 0.3) is 0 Å². The number of nitrogens with one attached hydrogen (secondary N) is 1. The normalized spacial score (nSPS) is 12.8. The molecule has 17 heavy (non-hydrogen) atoms. The van der Waals surface area contributed by atoms with Crippen molar-refractivity contribution < 1.29 is 4.79 Å². The number of likely N-dealkylation sites (N-methyl/N-ethyl adjacent to an activating group) is 1. The Kier molecular flexibility index (Phi) is 10.7. The van der Waals surface area contributed by atoms with Crippen molar-refractivity contribution in [1.82, 2.24) is 10.2 Å². The highest BCUT2D eigenvalue weighted by atomic mass is 32.2. The largest absolute Gasteiger partial charge is 0.353 e. The van der Waals surface area contributed by atoms with Crippen LogP contribution < -0.4 is 11.1 Å². The smallest absolute Gasteiger partial charge is 0.236 e. The summed E-state index contributed by atoms with van der Waals surface area (Å²) < 4.78 is 0. The Labute approximate surface area is 110 Å². The van der Waals surface area contributed by atoms with E-state index in [1.165, 1.54) is 12.8 Å². The van der Waals surface area contributed by atoms with Gasteiger partial charge in [0.05, 0.1) is 6.04 Å². The number of amides is 1. The average Bonchev–Trinajstić information content (AvgIpc) is 2.33. The molecule has 0 aliphatic rings. The molecule has 102 valence electrons. The molecular formula is C12H27N3OS. The fourth-order valence-electron chi connectivity index (χ4n) is 1.42. The quantitative estimate of drug-likeness (QED) is 0.614. The molecule has 0 aliphatic carbocycles. The highest BCUT2D eigenvalue weighted by molar-refractivity contribution is 7.98. The van der Waals surface area contributed by atoms with E-state index in [1.54, 1.807) is 11.8 Å². The van der Waals surface area contributed by atoms with Gasteiger partial charge in [0.25, 0.3) is 0 Å². The molecule has 0 unspecified atom stereocenters. The zero-order valence-electron chi connectivity index (χ0n) is 11.4. The number of unbranched alkanes of at least 4 members (excludes halogenated alkanes) is 1. The molecule has 0 aromatic heterocycles. The Morgan fingerprint density at radius 1 is 1.47 bits per heavy atom. The van der Waals surface area contributed by atoms with Gasteiger partial charge >= 0.3 is 0 Å². The summed E-state index contributed by atoms with van der Waals surface area (Å²) in [5, 5.41) is 2.88. The lowest BCUT2D eigenvalue weighted by atomic mass is 10.2. The van der Waals surface area contributed by atoms with Gasteiger partial charge in [-0.2, -0.15) is 11.8 Å². The van der Waals surface area contributed by atoms with Crippen LogP contribution in [0.1, 0.15) is 26.2 Å². The second-order valence-electron chi connectivity index (χ2n) is 4.34. The van der Waals surface area contributed by atoms with Gasteiger partial charge in [0.2, 0.25) is 5.91 Å². The third-order valence-electron chi connectivity index (χ3n) is 2.66. The van der Waals surface area contributed by atoms with Gasteiger partial charge < -0.3 is 16.0 Å². The first-order valence-corrected chi connectivity index (χ1v) is 7.72. The van der Waals surface area contributed by atoms with E-state index in [1.807, 2.05) is 6.26 Å². The van der Waals surface area contributed by atoms with E-state index in [0.717, 1.165) is 25.3 Å². The van der Waals surface area contributed by atoms with Crippen LogP contribution in [0.2, 0.25) is 0 Å². The maximum atomic E-state index is 11.6. The van der Waals surface area contributed by atoms with E-state index in [9.17, 15) is 4.79 Å². The Hall–Kier alpha value is -0.260. The summed E-state index contributed by atoms with van der Waals surface area (Å²) in [7, 11) is 2.08. The number of carbonyl (C=O) groups is 1. The van der Waals surface area contributed by atoms with E-state index in [0.29, 0.717) is 6.54 Å². The highest BCUT2D eigenvalue weighted by Crippen LogP contribution is 1.98. The molecule has 0 rings (SSSR count). The lowest BCUT2D eigenvalue weighted by Gasteiger charge is -2.17.